The van der Waals surface area contributed by atoms with E-state index >= 15 is 0 Å². The molecule has 0 spiro atoms. The van der Waals surface area contributed by atoms with E-state index in [1.807, 2.05) is 6.07 Å². The van der Waals surface area contributed by atoms with Crippen LogP contribution in [0.4, 0.5) is 5.69 Å². The first kappa shape index (κ1) is 15.4. The minimum absolute atomic E-state index is 0.321. The number of hydrogen-bond donors (Lipinski definition) is 1. The van der Waals surface area contributed by atoms with Crippen molar-refractivity contribution in [2.24, 2.45) is 0 Å². The van der Waals surface area contributed by atoms with Crippen molar-refractivity contribution in [1.29, 1.82) is 5.26 Å². The lowest BCUT2D eigenvalue weighted by Crippen LogP contribution is -2.30. The molecular formula is C17H16N2O3. The molecule has 0 fully saturated rings. The third-order valence-corrected chi connectivity index (χ3v) is 3.05. The molecule has 0 bridgehead atoms. The number of nitrogens with one attached hydrogen (secondary N) is 1. The summed E-state index contributed by atoms with van der Waals surface area (Å²) in [4.78, 5) is 12.1. The molecule has 1 atom stereocenters. The van der Waals surface area contributed by atoms with Crippen molar-refractivity contribution < 1.29 is 14.3 Å². The van der Waals surface area contributed by atoms with Crippen molar-refractivity contribution >= 4 is 11.6 Å². The highest BCUT2D eigenvalue weighted by molar-refractivity contribution is 5.95. The van der Waals surface area contributed by atoms with Gasteiger partial charge < -0.3 is 14.8 Å². The van der Waals surface area contributed by atoms with E-state index in [4.69, 9.17) is 14.7 Å². The zero-order valence-corrected chi connectivity index (χ0v) is 12.4. The number of nitrogens with zero attached hydrogens (tertiary/aromatic N) is 1. The fourth-order valence-corrected chi connectivity index (χ4v) is 1.84. The van der Waals surface area contributed by atoms with Gasteiger partial charge in [0.2, 0.25) is 0 Å². The third kappa shape index (κ3) is 3.76. The second-order valence-corrected chi connectivity index (χ2v) is 4.58. The Morgan fingerprint density at radius 1 is 1.14 bits per heavy atom. The normalized spacial score (nSPS) is 11.1. The minimum atomic E-state index is -0.694. The summed E-state index contributed by atoms with van der Waals surface area (Å²) in [5, 5.41) is 11.7. The maximum Gasteiger partial charge on any atom is 0.265 e. The van der Waals surface area contributed by atoms with Crippen LogP contribution in [0.2, 0.25) is 0 Å². The summed E-state index contributed by atoms with van der Waals surface area (Å²) in [5.41, 5.74) is 0.882. The molecule has 0 saturated heterocycles. The van der Waals surface area contributed by atoms with Gasteiger partial charge in [0.15, 0.2) is 6.10 Å². The molecular weight excluding hydrogens is 280 g/mol. The number of methoxy groups -OCH3 is 1. The van der Waals surface area contributed by atoms with Gasteiger partial charge in [-0.15, -0.1) is 0 Å². The highest BCUT2D eigenvalue weighted by Gasteiger charge is 2.16. The van der Waals surface area contributed by atoms with Gasteiger partial charge in [-0.3, -0.25) is 4.79 Å². The lowest BCUT2D eigenvalue weighted by atomic mass is 10.2. The number of nitriles is 1. The number of benzene rings is 2. The van der Waals surface area contributed by atoms with Gasteiger partial charge in [0.1, 0.15) is 17.6 Å². The molecule has 0 unspecified atom stereocenters. The third-order valence-electron chi connectivity index (χ3n) is 3.05. The number of anilines is 1. The van der Waals surface area contributed by atoms with E-state index in [0.717, 1.165) is 0 Å². The fraction of sp³-hybridized carbons (Fsp3) is 0.176. The smallest absolute Gasteiger partial charge is 0.265 e. The van der Waals surface area contributed by atoms with Crippen LogP contribution >= 0.6 is 0 Å². The lowest BCUT2D eigenvalue weighted by molar-refractivity contribution is -0.122. The molecule has 1 N–H and O–H groups in total. The first-order chi connectivity index (χ1) is 10.6. The lowest BCUT2D eigenvalue weighted by Gasteiger charge is -2.15. The average molecular weight is 296 g/mol. The van der Waals surface area contributed by atoms with Crippen LogP contribution in [-0.2, 0) is 4.79 Å². The van der Waals surface area contributed by atoms with Crippen LogP contribution in [0.25, 0.3) is 0 Å². The van der Waals surface area contributed by atoms with E-state index in [-0.39, 0.29) is 5.91 Å². The summed E-state index contributed by atoms with van der Waals surface area (Å²) >= 11 is 0. The van der Waals surface area contributed by atoms with E-state index < -0.39 is 6.10 Å². The maximum absolute atomic E-state index is 12.1. The number of para-hydroxylation sites is 1. The number of amides is 1. The van der Waals surface area contributed by atoms with Crippen LogP contribution in [0.15, 0.2) is 48.5 Å². The second-order valence-electron chi connectivity index (χ2n) is 4.58. The highest BCUT2D eigenvalue weighted by Crippen LogP contribution is 2.19. The average Bonchev–Trinajstić information content (AvgIpc) is 2.56. The van der Waals surface area contributed by atoms with Crippen molar-refractivity contribution in [2.75, 3.05) is 12.4 Å². The van der Waals surface area contributed by atoms with Gasteiger partial charge in [0.05, 0.1) is 18.4 Å². The molecule has 5 nitrogen and oxygen atoms in total. The van der Waals surface area contributed by atoms with E-state index in [2.05, 4.69) is 5.32 Å². The summed E-state index contributed by atoms with van der Waals surface area (Å²) in [7, 11) is 1.58. The van der Waals surface area contributed by atoms with Crippen molar-refractivity contribution in [3.8, 4) is 17.6 Å². The van der Waals surface area contributed by atoms with Gasteiger partial charge in [-0.2, -0.15) is 5.26 Å². The predicted molar refractivity (Wildman–Crippen MR) is 82.9 cm³/mol. The zero-order valence-electron chi connectivity index (χ0n) is 12.4. The number of carbonyl (C=O) groups is 1. The molecule has 112 valence electrons. The monoisotopic (exact) mass is 296 g/mol. The summed E-state index contributed by atoms with van der Waals surface area (Å²) < 4.78 is 10.6. The second kappa shape index (κ2) is 7.14. The molecule has 2 aromatic carbocycles. The number of rotatable bonds is 5. The molecule has 0 radical (unpaired) electrons. The van der Waals surface area contributed by atoms with Gasteiger partial charge >= 0.3 is 0 Å². The molecule has 22 heavy (non-hydrogen) atoms. The topological polar surface area (TPSA) is 71.3 Å². The van der Waals surface area contributed by atoms with Crippen LogP contribution in [0.1, 0.15) is 12.5 Å². The molecule has 0 aliphatic heterocycles. The van der Waals surface area contributed by atoms with Crippen LogP contribution in [-0.4, -0.2) is 19.1 Å². The predicted octanol–water partition coefficient (Wildman–Crippen LogP) is 2.97. The first-order valence-electron chi connectivity index (χ1n) is 6.74. The SMILES string of the molecule is COc1ccc(O[C@@H](C)C(=O)Nc2ccccc2C#N)cc1. The van der Waals surface area contributed by atoms with E-state index in [9.17, 15) is 4.79 Å². The van der Waals surface area contributed by atoms with Crippen molar-refractivity contribution in [2.45, 2.75) is 13.0 Å². The summed E-state index contributed by atoms with van der Waals surface area (Å²) in [5.74, 6) is 0.961. The van der Waals surface area contributed by atoms with Gasteiger partial charge in [-0.05, 0) is 43.3 Å². The molecule has 0 saturated carbocycles. The Morgan fingerprint density at radius 2 is 1.77 bits per heavy atom. The Kier molecular flexibility index (Phi) is 4.99. The standard InChI is InChI=1S/C17H16N2O3/c1-12(22-15-9-7-14(21-2)8-10-15)17(20)19-16-6-4-3-5-13(16)11-18/h3-10,12H,1-2H3,(H,19,20)/t12-/m0/s1. The van der Waals surface area contributed by atoms with Crippen molar-refractivity contribution in [3.05, 3.63) is 54.1 Å². The summed E-state index contributed by atoms with van der Waals surface area (Å²) in [6, 6.07) is 15.8. The maximum atomic E-state index is 12.1. The zero-order chi connectivity index (χ0) is 15.9. The molecule has 0 heterocycles. The number of carbonyl (C=O) groups excluding carboxylic acids is 1. The summed E-state index contributed by atoms with van der Waals surface area (Å²) in [6.45, 7) is 1.65. The van der Waals surface area contributed by atoms with Crippen LogP contribution in [0.5, 0.6) is 11.5 Å². The molecule has 0 aromatic heterocycles. The number of hydrogen-bond acceptors (Lipinski definition) is 4. The van der Waals surface area contributed by atoms with Crippen molar-refractivity contribution in [3.63, 3.8) is 0 Å². The van der Waals surface area contributed by atoms with Crippen molar-refractivity contribution in [1.82, 2.24) is 0 Å². The van der Waals surface area contributed by atoms with E-state index in [1.165, 1.54) is 0 Å². The number of ether oxygens (including phenoxy) is 2. The minimum Gasteiger partial charge on any atom is -0.497 e. The fourth-order valence-electron chi connectivity index (χ4n) is 1.84. The van der Waals surface area contributed by atoms with Gasteiger partial charge in [-0.1, -0.05) is 12.1 Å². The largest absolute Gasteiger partial charge is 0.497 e. The Balaban J connectivity index is 2.01. The Labute approximate surface area is 129 Å². The van der Waals surface area contributed by atoms with Crippen LogP contribution in [0, 0.1) is 11.3 Å². The Hall–Kier alpha value is -3.00. The molecule has 2 aromatic rings. The van der Waals surface area contributed by atoms with Gasteiger partial charge in [0, 0.05) is 0 Å². The van der Waals surface area contributed by atoms with E-state index in [0.29, 0.717) is 22.7 Å². The molecule has 2 rings (SSSR count). The van der Waals surface area contributed by atoms with Crippen LogP contribution in [0.3, 0.4) is 0 Å². The summed E-state index contributed by atoms with van der Waals surface area (Å²) in [6.07, 6.45) is -0.694. The quantitative estimate of drug-likeness (QED) is 0.920. The van der Waals surface area contributed by atoms with Gasteiger partial charge in [-0.25, -0.2) is 0 Å². The molecule has 0 aliphatic carbocycles. The van der Waals surface area contributed by atoms with E-state index in [1.54, 1.807) is 62.6 Å². The Bertz CT molecular complexity index is 690. The molecule has 0 aliphatic rings. The van der Waals surface area contributed by atoms with Crippen LogP contribution < -0.4 is 14.8 Å². The van der Waals surface area contributed by atoms with Gasteiger partial charge in [0.25, 0.3) is 5.91 Å². The highest BCUT2D eigenvalue weighted by atomic mass is 16.5. The Morgan fingerprint density at radius 3 is 2.41 bits per heavy atom. The molecule has 5 heteroatoms. The molecule has 1 amide bonds. The first-order valence-corrected chi connectivity index (χ1v) is 6.74.